The third kappa shape index (κ3) is 1.15. The second-order valence-electron chi connectivity index (χ2n) is 10.00. The van der Waals surface area contributed by atoms with E-state index in [4.69, 9.17) is 18.9 Å². The van der Waals surface area contributed by atoms with Gasteiger partial charge in [0.05, 0.1) is 36.2 Å². The van der Waals surface area contributed by atoms with E-state index in [0.29, 0.717) is 23.0 Å². The minimum Gasteiger partial charge on any atom is -0.466 e. The van der Waals surface area contributed by atoms with Crippen molar-refractivity contribution in [3.05, 3.63) is 23.3 Å². The molecule has 7 nitrogen and oxygen atoms in total. The third-order valence-electron chi connectivity index (χ3n) is 10.4. The molecule has 0 aliphatic heterocycles. The summed E-state index contributed by atoms with van der Waals surface area (Å²) in [5.41, 5.74) is -0.826. The van der Waals surface area contributed by atoms with E-state index in [1.54, 1.807) is 14.2 Å². The Morgan fingerprint density at radius 2 is 1.47 bits per heavy atom. The van der Waals surface area contributed by atoms with Gasteiger partial charge in [-0.2, -0.15) is 0 Å². The molecule has 0 aromatic rings. The summed E-state index contributed by atoms with van der Waals surface area (Å²) in [6.07, 6.45) is 4.97. The van der Waals surface area contributed by atoms with Gasteiger partial charge in [-0.25, -0.2) is 9.59 Å². The number of hydrogen-bond donors (Lipinski definition) is 0. The van der Waals surface area contributed by atoms with E-state index in [1.165, 1.54) is 14.2 Å². The average Bonchev–Trinajstić information content (AvgIpc) is 3.32. The van der Waals surface area contributed by atoms with Crippen LogP contribution in [0.15, 0.2) is 23.3 Å². The van der Waals surface area contributed by atoms with Crippen molar-refractivity contribution in [3.8, 4) is 0 Å². The van der Waals surface area contributed by atoms with Gasteiger partial charge in [-0.05, 0) is 30.1 Å². The van der Waals surface area contributed by atoms with Gasteiger partial charge in [0.2, 0.25) is 0 Å². The van der Waals surface area contributed by atoms with Gasteiger partial charge in [0.1, 0.15) is 5.78 Å². The molecule has 7 heteroatoms. The summed E-state index contributed by atoms with van der Waals surface area (Å²) in [5.74, 6) is -1.68. The molecule has 30 heavy (non-hydrogen) atoms. The van der Waals surface area contributed by atoms with Crippen LogP contribution in [0.1, 0.15) is 6.42 Å². The minimum absolute atomic E-state index is 0.00935. The van der Waals surface area contributed by atoms with Gasteiger partial charge in [0.25, 0.3) is 0 Å². The first kappa shape index (κ1) is 17.7. The molecule has 0 N–H and O–H groups in total. The van der Waals surface area contributed by atoms with E-state index >= 15 is 0 Å². The SMILES string of the molecule is COC(=O)C1=C(C(=O)OC)[C@@H]2C=C[C@H]1C13C(=O)C4C5[C@@H]6C[C@H]4C1C6C23C5(OC)OC. The number of fused-ring (bicyclic) bond motifs is 1. The van der Waals surface area contributed by atoms with Crippen LogP contribution in [0, 0.1) is 58.2 Å². The molecule has 4 bridgehead atoms. The van der Waals surface area contributed by atoms with E-state index < -0.39 is 40.4 Å². The lowest BCUT2D eigenvalue weighted by molar-refractivity contribution is -0.374. The monoisotopic (exact) mass is 412 g/mol. The lowest BCUT2D eigenvalue weighted by Gasteiger charge is -2.75. The lowest BCUT2D eigenvalue weighted by Crippen LogP contribution is -2.81. The molecule has 2 spiro atoms. The number of methoxy groups -OCH3 is 4. The Kier molecular flexibility index (Phi) is 2.80. The van der Waals surface area contributed by atoms with Gasteiger partial charge in [0.15, 0.2) is 5.79 Å². The summed E-state index contributed by atoms with van der Waals surface area (Å²) in [7, 11) is 5.96. The standard InChI is InChI=1S/C23H24O7/c1-27-19(25)13-10-5-6-11(14(13)20(26)28-2)22-17-9-7-8-12(15(9)23(22,29-3)30-4)18(24)21(10,22)16(8)17/h5-6,8-12,15-17H,7H2,1-4H3/t8-,9+,10-,11+,12?,15?,16?,17?,21?,22?/m1/s1. The number of hydrogen-bond acceptors (Lipinski definition) is 7. The van der Waals surface area contributed by atoms with Crippen molar-refractivity contribution in [2.75, 3.05) is 28.4 Å². The van der Waals surface area contributed by atoms with Crippen LogP contribution in [0.2, 0.25) is 0 Å². The predicted molar refractivity (Wildman–Crippen MR) is 99.4 cm³/mol. The second-order valence-corrected chi connectivity index (χ2v) is 10.00. The van der Waals surface area contributed by atoms with Crippen LogP contribution in [-0.2, 0) is 33.3 Å². The maximum absolute atomic E-state index is 14.1. The Morgan fingerprint density at radius 3 is 2.07 bits per heavy atom. The van der Waals surface area contributed by atoms with E-state index in [0.717, 1.165) is 6.42 Å². The smallest absolute Gasteiger partial charge is 0.334 e. The first-order chi connectivity index (χ1) is 14.4. The lowest BCUT2D eigenvalue weighted by atomic mass is 9.27. The highest BCUT2D eigenvalue weighted by atomic mass is 16.7. The van der Waals surface area contributed by atoms with Crippen molar-refractivity contribution in [1.82, 2.24) is 0 Å². The number of ether oxygens (including phenoxy) is 4. The zero-order valence-corrected chi connectivity index (χ0v) is 17.3. The van der Waals surface area contributed by atoms with Crippen molar-refractivity contribution >= 4 is 17.7 Å². The average molecular weight is 412 g/mol. The quantitative estimate of drug-likeness (QED) is 0.389. The molecule has 0 aromatic heterocycles. The third-order valence-corrected chi connectivity index (χ3v) is 10.4. The molecule has 6 unspecified atom stereocenters. The number of Topliss-reactive ketones (excluding diaryl/α,β-unsaturated/α-hetero) is 1. The molecular formula is C23H24O7. The Bertz CT molecular complexity index is 1020. The van der Waals surface area contributed by atoms with Gasteiger partial charge in [-0.1, -0.05) is 12.2 Å². The molecule has 0 radical (unpaired) electrons. The van der Waals surface area contributed by atoms with Crippen LogP contribution in [0.3, 0.4) is 0 Å². The molecule has 8 aliphatic carbocycles. The van der Waals surface area contributed by atoms with Gasteiger partial charge < -0.3 is 18.9 Å². The molecule has 10 atom stereocenters. The molecule has 5 saturated carbocycles. The van der Waals surface area contributed by atoms with Crippen LogP contribution in [-0.4, -0.2) is 51.9 Å². The predicted octanol–water partition coefficient (Wildman–Crippen LogP) is 1.13. The highest BCUT2D eigenvalue weighted by molar-refractivity contribution is 6.07. The maximum atomic E-state index is 14.1. The van der Waals surface area contributed by atoms with E-state index in [9.17, 15) is 14.4 Å². The normalized spacial score (nSPS) is 53.4. The van der Waals surface area contributed by atoms with Crippen molar-refractivity contribution in [2.24, 2.45) is 58.2 Å². The zero-order chi connectivity index (χ0) is 21.0. The molecule has 158 valence electrons. The van der Waals surface area contributed by atoms with Crippen LogP contribution < -0.4 is 0 Å². The van der Waals surface area contributed by atoms with E-state index in [1.807, 2.05) is 12.2 Å². The van der Waals surface area contributed by atoms with Crippen LogP contribution in [0.4, 0.5) is 0 Å². The van der Waals surface area contributed by atoms with Crippen LogP contribution in [0.5, 0.6) is 0 Å². The molecule has 0 heterocycles. The maximum Gasteiger partial charge on any atom is 0.334 e. The largest absolute Gasteiger partial charge is 0.466 e. The fourth-order valence-corrected chi connectivity index (χ4v) is 10.6. The molecule has 5 fully saturated rings. The molecule has 8 rings (SSSR count). The Morgan fingerprint density at radius 1 is 0.867 bits per heavy atom. The van der Waals surface area contributed by atoms with Crippen molar-refractivity contribution in [3.63, 3.8) is 0 Å². The van der Waals surface area contributed by atoms with E-state index in [2.05, 4.69) is 0 Å². The van der Waals surface area contributed by atoms with Crippen LogP contribution in [0.25, 0.3) is 0 Å². The fourth-order valence-electron chi connectivity index (χ4n) is 10.6. The number of carbonyl (C=O) groups is 3. The summed E-state index contributed by atoms with van der Waals surface area (Å²) in [6.45, 7) is 0. The summed E-state index contributed by atoms with van der Waals surface area (Å²) in [4.78, 5) is 40.1. The van der Waals surface area contributed by atoms with Gasteiger partial charge in [0, 0.05) is 37.9 Å². The molecular weight excluding hydrogens is 388 g/mol. The van der Waals surface area contributed by atoms with Gasteiger partial charge in [-0.3, -0.25) is 4.79 Å². The second kappa shape index (κ2) is 4.75. The molecule has 8 aliphatic rings. The topological polar surface area (TPSA) is 88.1 Å². The number of ketones is 1. The first-order valence-corrected chi connectivity index (χ1v) is 10.7. The Hall–Kier alpha value is -1.99. The zero-order valence-electron chi connectivity index (χ0n) is 17.3. The van der Waals surface area contributed by atoms with Gasteiger partial charge in [-0.15, -0.1) is 0 Å². The number of carbonyl (C=O) groups excluding carboxylic acids is 3. The van der Waals surface area contributed by atoms with Crippen molar-refractivity contribution in [1.29, 1.82) is 0 Å². The summed E-state index contributed by atoms with van der Waals surface area (Å²) < 4.78 is 22.7. The Balaban J connectivity index is 1.60. The number of rotatable bonds is 4. The first-order valence-electron chi connectivity index (χ1n) is 10.7. The molecule has 0 aromatic carbocycles. The molecule has 0 saturated heterocycles. The highest BCUT2D eigenvalue weighted by Crippen LogP contribution is 2.98. The number of esters is 2. The fraction of sp³-hybridized carbons (Fsp3) is 0.696. The summed E-state index contributed by atoms with van der Waals surface area (Å²) in [6, 6.07) is 0. The van der Waals surface area contributed by atoms with Crippen molar-refractivity contribution < 1.29 is 33.3 Å². The van der Waals surface area contributed by atoms with E-state index in [-0.39, 0.29) is 29.5 Å². The minimum atomic E-state index is -0.947. The van der Waals surface area contributed by atoms with Crippen LogP contribution >= 0.6 is 0 Å². The summed E-state index contributed by atoms with van der Waals surface area (Å²) >= 11 is 0. The van der Waals surface area contributed by atoms with Crippen molar-refractivity contribution in [2.45, 2.75) is 12.2 Å². The summed E-state index contributed by atoms with van der Waals surface area (Å²) in [5, 5.41) is 0. The van der Waals surface area contributed by atoms with Gasteiger partial charge >= 0.3 is 11.9 Å². The Labute approximate surface area is 173 Å². The highest BCUT2D eigenvalue weighted by Gasteiger charge is 3.03. The molecule has 0 amide bonds. The number of allylic oxidation sites excluding steroid dienone is 2.